The van der Waals surface area contributed by atoms with Crippen molar-refractivity contribution in [3.05, 3.63) is 159 Å². The van der Waals surface area contributed by atoms with E-state index in [1.165, 1.54) is 22.5 Å². The van der Waals surface area contributed by atoms with E-state index >= 15 is 0 Å². The van der Waals surface area contributed by atoms with Gasteiger partial charge in [-0.1, -0.05) is 89.1 Å². The number of halogens is 3. The van der Waals surface area contributed by atoms with Crippen LogP contribution in [0.25, 0.3) is 11.8 Å². The minimum Gasteiger partial charge on any atom is -0.488 e. The SMILES string of the molecule is O=c1/c(=C\c2ccc(OCc3ccc(Cl)cc3)c(Br)c2)sc2n1[C@H](c1ccc(Cl)cc1)C1=C(N=2)c2ccccc2CC1. The molecule has 0 spiro atoms. The zero-order chi connectivity index (χ0) is 28.8. The van der Waals surface area contributed by atoms with E-state index in [9.17, 15) is 4.79 Å². The molecule has 1 aliphatic carbocycles. The second kappa shape index (κ2) is 11.3. The Morgan fingerprint density at radius 3 is 2.45 bits per heavy atom. The fourth-order valence-electron chi connectivity index (χ4n) is 5.58. The third-order valence-corrected chi connectivity index (χ3v) is 9.73. The Bertz CT molecular complexity index is 2050. The zero-order valence-corrected chi connectivity index (χ0v) is 26.1. The number of thiazole rings is 1. The number of allylic oxidation sites excluding steroid dienone is 1. The number of ether oxygens (including phenoxy) is 1. The number of aromatic nitrogens is 1. The largest absolute Gasteiger partial charge is 0.488 e. The standard InChI is InChI=1S/C34H23BrCl2N2O2S/c35-28-17-21(7-16-29(28)41-19-20-5-11-24(36)12-6-20)18-30-33(40)39-32(23-8-13-25(37)14-9-23)27-15-10-22-3-1-2-4-26(22)31(27)38-34(39)42-30/h1-9,11-14,16-18,32H,10,15,19H2/b30-18+/t32-/m1/s1. The van der Waals surface area contributed by atoms with Crippen LogP contribution in [0, 0.1) is 0 Å². The molecule has 0 N–H and O–H groups in total. The summed E-state index contributed by atoms with van der Waals surface area (Å²) >= 11 is 17.3. The molecule has 208 valence electrons. The van der Waals surface area contributed by atoms with Crippen LogP contribution in [-0.2, 0) is 13.0 Å². The number of benzene rings is 4. The molecule has 1 aliphatic heterocycles. The molecule has 1 atom stereocenters. The molecule has 0 bridgehead atoms. The van der Waals surface area contributed by atoms with Gasteiger partial charge in [-0.3, -0.25) is 9.36 Å². The first-order valence-corrected chi connectivity index (χ1v) is 15.9. The van der Waals surface area contributed by atoms with Gasteiger partial charge in [0.1, 0.15) is 12.4 Å². The molecule has 0 radical (unpaired) electrons. The van der Waals surface area contributed by atoms with Gasteiger partial charge < -0.3 is 4.74 Å². The molecule has 0 saturated heterocycles. The lowest BCUT2D eigenvalue weighted by molar-refractivity contribution is 0.304. The number of fused-ring (bicyclic) bond motifs is 3. The number of hydrogen-bond acceptors (Lipinski definition) is 4. The second-order valence-corrected chi connectivity index (χ2v) is 13.0. The number of hydrogen-bond donors (Lipinski definition) is 0. The van der Waals surface area contributed by atoms with Crippen molar-refractivity contribution in [3.63, 3.8) is 0 Å². The lowest BCUT2D eigenvalue weighted by Crippen LogP contribution is -2.38. The maximum atomic E-state index is 14.0. The van der Waals surface area contributed by atoms with Gasteiger partial charge in [0, 0.05) is 15.6 Å². The molecule has 2 heterocycles. The molecule has 1 aromatic heterocycles. The van der Waals surface area contributed by atoms with E-state index in [4.69, 9.17) is 32.9 Å². The van der Waals surface area contributed by atoms with Gasteiger partial charge in [-0.15, -0.1) is 0 Å². The average Bonchev–Trinajstić information content (AvgIpc) is 3.31. The monoisotopic (exact) mass is 672 g/mol. The van der Waals surface area contributed by atoms with E-state index in [0.717, 1.165) is 51.0 Å². The molecule has 0 saturated carbocycles. The van der Waals surface area contributed by atoms with Gasteiger partial charge in [-0.2, -0.15) is 0 Å². The first-order valence-electron chi connectivity index (χ1n) is 13.5. The summed E-state index contributed by atoms with van der Waals surface area (Å²) in [5.41, 5.74) is 7.47. The van der Waals surface area contributed by atoms with Crippen molar-refractivity contribution in [2.24, 2.45) is 4.99 Å². The molecule has 8 heteroatoms. The van der Waals surface area contributed by atoms with Crippen LogP contribution >= 0.6 is 50.5 Å². The van der Waals surface area contributed by atoms with Crippen LogP contribution in [-0.4, -0.2) is 4.57 Å². The highest BCUT2D eigenvalue weighted by Gasteiger charge is 2.32. The highest BCUT2D eigenvalue weighted by atomic mass is 79.9. The Balaban J connectivity index is 1.28. The van der Waals surface area contributed by atoms with Crippen LogP contribution < -0.4 is 19.6 Å². The van der Waals surface area contributed by atoms with Crippen molar-refractivity contribution in [1.29, 1.82) is 0 Å². The summed E-state index contributed by atoms with van der Waals surface area (Å²) in [4.78, 5) is 19.8. The van der Waals surface area contributed by atoms with Crippen LogP contribution in [0.15, 0.2) is 111 Å². The third kappa shape index (κ3) is 5.18. The van der Waals surface area contributed by atoms with Crippen LogP contribution in [0.4, 0.5) is 0 Å². The first-order chi connectivity index (χ1) is 20.4. The van der Waals surface area contributed by atoms with Crippen molar-refractivity contribution < 1.29 is 4.74 Å². The van der Waals surface area contributed by atoms with Gasteiger partial charge in [0.25, 0.3) is 5.56 Å². The van der Waals surface area contributed by atoms with Crippen LogP contribution in [0.2, 0.25) is 10.0 Å². The van der Waals surface area contributed by atoms with E-state index in [2.05, 4.69) is 40.2 Å². The van der Waals surface area contributed by atoms with E-state index in [1.807, 2.05) is 77.4 Å². The molecule has 4 aromatic carbocycles. The maximum Gasteiger partial charge on any atom is 0.271 e. The van der Waals surface area contributed by atoms with Gasteiger partial charge in [-0.25, -0.2) is 4.99 Å². The summed E-state index contributed by atoms with van der Waals surface area (Å²) < 4.78 is 9.30. The summed E-state index contributed by atoms with van der Waals surface area (Å²) in [7, 11) is 0. The summed E-state index contributed by atoms with van der Waals surface area (Å²) in [6, 6.07) is 29.4. The molecule has 4 nitrogen and oxygen atoms in total. The molecule has 42 heavy (non-hydrogen) atoms. The normalized spacial score (nSPS) is 16.0. The lowest BCUT2D eigenvalue weighted by Gasteiger charge is -2.30. The van der Waals surface area contributed by atoms with Gasteiger partial charge in [0.15, 0.2) is 4.80 Å². The summed E-state index contributed by atoms with van der Waals surface area (Å²) in [5, 5.41) is 1.36. The number of nitrogens with zero attached hydrogens (tertiary/aromatic N) is 2. The first kappa shape index (κ1) is 27.4. The number of rotatable bonds is 5. The molecule has 0 amide bonds. The number of aryl methyl sites for hydroxylation is 1. The van der Waals surface area contributed by atoms with Crippen molar-refractivity contribution >= 4 is 62.2 Å². The van der Waals surface area contributed by atoms with Gasteiger partial charge in [0.05, 0.1) is 20.7 Å². The minimum atomic E-state index is -0.237. The van der Waals surface area contributed by atoms with Gasteiger partial charge in [0.2, 0.25) is 0 Å². The second-order valence-electron chi connectivity index (χ2n) is 10.3. The highest BCUT2D eigenvalue weighted by molar-refractivity contribution is 9.10. The van der Waals surface area contributed by atoms with E-state index in [-0.39, 0.29) is 11.6 Å². The van der Waals surface area contributed by atoms with Crippen molar-refractivity contribution in [2.75, 3.05) is 0 Å². The van der Waals surface area contributed by atoms with Gasteiger partial charge in [-0.05, 0) is 99.1 Å². The Labute approximate surface area is 265 Å². The van der Waals surface area contributed by atoms with Gasteiger partial charge >= 0.3 is 0 Å². The van der Waals surface area contributed by atoms with E-state index < -0.39 is 0 Å². The van der Waals surface area contributed by atoms with Crippen molar-refractivity contribution in [3.8, 4) is 5.75 Å². The quantitative estimate of drug-likeness (QED) is 0.190. The Morgan fingerprint density at radius 2 is 1.69 bits per heavy atom. The predicted octanol–water partition coefficient (Wildman–Crippen LogP) is 7.97. The summed E-state index contributed by atoms with van der Waals surface area (Å²) in [6.45, 7) is 0.423. The molecule has 5 aromatic rings. The molecule has 7 rings (SSSR count). The fraction of sp³-hybridized carbons (Fsp3) is 0.118. The van der Waals surface area contributed by atoms with Crippen molar-refractivity contribution in [1.82, 2.24) is 4.57 Å². The van der Waals surface area contributed by atoms with Crippen LogP contribution in [0.3, 0.4) is 0 Å². The Kier molecular flexibility index (Phi) is 7.40. The fourth-order valence-corrected chi connectivity index (χ4v) is 7.35. The molecule has 0 unspecified atom stereocenters. The smallest absolute Gasteiger partial charge is 0.271 e. The molecule has 2 aliphatic rings. The zero-order valence-electron chi connectivity index (χ0n) is 22.2. The highest BCUT2D eigenvalue weighted by Crippen LogP contribution is 2.41. The maximum absolute atomic E-state index is 14.0. The third-order valence-electron chi connectivity index (χ3n) is 7.62. The minimum absolute atomic E-state index is 0.0525. The molecular weight excluding hydrogens is 651 g/mol. The summed E-state index contributed by atoms with van der Waals surface area (Å²) in [5.74, 6) is 0.720. The van der Waals surface area contributed by atoms with Crippen LogP contribution in [0.5, 0.6) is 5.75 Å². The summed E-state index contributed by atoms with van der Waals surface area (Å²) in [6.07, 6.45) is 3.68. The topological polar surface area (TPSA) is 43.6 Å². The Hall–Kier alpha value is -3.42. The van der Waals surface area contributed by atoms with Crippen molar-refractivity contribution in [2.45, 2.75) is 25.5 Å². The lowest BCUT2D eigenvalue weighted by atomic mass is 9.83. The predicted molar refractivity (Wildman–Crippen MR) is 174 cm³/mol. The van der Waals surface area contributed by atoms with Crippen LogP contribution in [0.1, 0.15) is 40.3 Å². The van der Waals surface area contributed by atoms with E-state index in [1.54, 1.807) is 0 Å². The Morgan fingerprint density at radius 1 is 0.952 bits per heavy atom. The molecule has 0 fully saturated rings. The van der Waals surface area contributed by atoms with E-state index in [0.29, 0.717) is 26.0 Å². The molecular formula is C34H23BrCl2N2O2S. The average molecular weight is 674 g/mol.